The molecule has 0 atom stereocenters. The van der Waals surface area contributed by atoms with Gasteiger partial charge in [-0.2, -0.15) is 0 Å². The SMILES string of the molecule is CC(C)(C)c1ccc(OCC(=O)NNC(=O)c2ccc(Cl)c(Cl)c2)cc1. The average molecular weight is 395 g/mol. The van der Waals surface area contributed by atoms with Gasteiger partial charge in [0.1, 0.15) is 5.75 Å². The lowest BCUT2D eigenvalue weighted by molar-refractivity contribution is -0.123. The predicted octanol–water partition coefficient (Wildman–Crippen LogP) is 4.13. The van der Waals surface area contributed by atoms with Crippen LogP contribution < -0.4 is 15.6 Å². The molecule has 0 aromatic heterocycles. The van der Waals surface area contributed by atoms with E-state index in [2.05, 4.69) is 31.6 Å². The molecule has 138 valence electrons. The number of rotatable bonds is 4. The Morgan fingerprint density at radius 2 is 1.62 bits per heavy atom. The molecule has 2 amide bonds. The topological polar surface area (TPSA) is 67.4 Å². The number of nitrogens with one attached hydrogen (secondary N) is 2. The molecule has 0 aliphatic carbocycles. The van der Waals surface area contributed by atoms with Crippen molar-refractivity contribution in [3.8, 4) is 5.75 Å². The first-order chi connectivity index (χ1) is 12.2. The lowest BCUT2D eigenvalue weighted by Crippen LogP contribution is -2.43. The fraction of sp³-hybridized carbons (Fsp3) is 0.263. The number of ether oxygens (including phenoxy) is 1. The van der Waals surface area contributed by atoms with Gasteiger partial charge in [-0.3, -0.25) is 20.4 Å². The highest BCUT2D eigenvalue weighted by molar-refractivity contribution is 6.42. The van der Waals surface area contributed by atoms with Gasteiger partial charge < -0.3 is 4.74 Å². The van der Waals surface area contributed by atoms with Crippen LogP contribution in [0.5, 0.6) is 5.75 Å². The molecule has 5 nitrogen and oxygen atoms in total. The largest absolute Gasteiger partial charge is 0.484 e. The van der Waals surface area contributed by atoms with Crippen LogP contribution in [0.1, 0.15) is 36.7 Å². The zero-order valence-electron chi connectivity index (χ0n) is 14.7. The Morgan fingerprint density at radius 3 is 2.19 bits per heavy atom. The van der Waals surface area contributed by atoms with Crippen LogP contribution in [0.3, 0.4) is 0 Å². The molecule has 2 N–H and O–H groups in total. The van der Waals surface area contributed by atoms with Crippen LogP contribution in [0.25, 0.3) is 0 Å². The van der Waals surface area contributed by atoms with Gasteiger partial charge in [-0.15, -0.1) is 0 Å². The molecule has 7 heteroatoms. The number of carbonyl (C=O) groups excluding carboxylic acids is 2. The van der Waals surface area contributed by atoms with Crippen LogP contribution in [0.2, 0.25) is 10.0 Å². The minimum Gasteiger partial charge on any atom is -0.484 e. The molecule has 0 saturated heterocycles. The van der Waals surface area contributed by atoms with E-state index in [0.29, 0.717) is 10.8 Å². The summed E-state index contributed by atoms with van der Waals surface area (Å²) in [6.07, 6.45) is 0. The molecule has 0 unspecified atom stereocenters. The van der Waals surface area contributed by atoms with Gasteiger partial charge in [-0.25, -0.2) is 0 Å². The van der Waals surface area contributed by atoms with Crippen LogP contribution in [-0.2, 0) is 10.2 Å². The molecule has 0 aliphatic heterocycles. The van der Waals surface area contributed by atoms with Gasteiger partial charge in [0.2, 0.25) is 0 Å². The summed E-state index contributed by atoms with van der Waals surface area (Å²) >= 11 is 11.7. The summed E-state index contributed by atoms with van der Waals surface area (Å²) < 4.78 is 5.41. The third-order valence-electron chi connectivity index (χ3n) is 3.59. The van der Waals surface area contributed by atoms with E-state index in [0.717, 1.165) is 0 Å². The fourth-order valence-corrected chi connectivity index (χ4v) is 2.37. The maximum Gasteiger partial charge on any atom is 0.276 e. The van der Waals surface area contributed by atoms with Crippen molar-refractivity contribution in [3.05, 3.63) is 63.6 Å². The fourth-order valence-electron chi connectivity index (χ4n) is 2.07. The summed E-state index contributed by atoms with van der Waals surface area (Å²) in [5.74, 6) is -0.422. The Hall–Kier alpha value is -2.24. The van der Waals surface area contributed by atoms with Crippen molar-refractivity contribution in [3.63, 3.8) is 0 Å². The molecule has 2 aromatic carbocycles. The molecule has 0 bridgehead atoms. The van der Waals surface area contributed by atoms with Crippen molar-refractivity contribution < 1.29 is 14.3 Å². The molecule has 0 aliphatic rings. The van der Waals surface area contributed by atoms with E-state index in [4.69, 9.17) is 27.9 Å². The van der Waals surface area contributed by atoms with Crippen molar-refractivity contribution in [2.75, 3.05) is 6.61 Å². The average Bonchev–Trinajstić information content (AvgIpc) is 2.59. The first-order valence-electron chi connectivity index (χ1n) is 7.94. The third kappa shape index (κ3) is 5.64. The van der Waals surface area contributed by atoms with Gasteiger partial charge in [0.25, 0.3) is 11.8 Å². The molecule has 0 fully saturated rings. The van der Waals surface area contributed by atoms with E-state index in [1.807, 2.05) is 24.3 Å². The molecular formula is C19H20Cl2N2O3. The Balaban J connectivity index is 1.81. The van der Waals surface area contributed by atoms with E-state index >= 15 is 0 Å². The predicted molar refractivity (Wildman–Crippen MR) is 103 cm³/mol. The van der Waals surface area contributed by atoms with Gasteiger partial charge in [-0.1, -0.05) is 56.1 Å². The molecule has 26 heavy (non-hydrogen) atoms. The standard InChI is InChI=1S/C19H20Cl2N2O3/c1-19(2,3)13-5-7-14(8-6-13)26-11-17(24)22-23-18(25)12-4-9-15(20)16(21)10-12/h4-10H,11H2,1-3H3,(H,22,24)(H,23,25). The number of hydrogen-bond acceptors (Lipinski definition) is 3. The van der Waals surface area contributed by atoms with Crippen LogP contribution in [0.15, 0.2) is 42.5 Å². The van der Waals surface area contributed by atoms with Crippen molar-refractivity contribution >= 4 is 35.0 Å². The van der Waals surface area contributed by atoms with Crippen molar-refractivity contribution in [2.24, 2.45) is 0 Å². The minimum atomic E-state index is -0.508. The highest BCUT2D eigenvalue weighted by Crippen LogP contribution is 2.24. The Bertz CT molecular complexity index is 799. The van der Waals surface area contributed by atoms with Gasteiger partial charge in [0, 0.05) is 5.56 Å². The smallest absolute Gasteiger partial charge is 0.276 e. The highest BCUT2D eigenvalue weighted by atomic mass is 35.5. The van der Waals surface area contributed by atoms with Crippen LogP contribution >= 0.6 is 23.2 Å². The van der Waals surface area contributed by atoms with E-state index < -0.39 is 11.8 Å². The zero-order chi connectivity index (χ0) is 19.3. The monoisotopic (exact) mass is 394 g/mol. The number of benzene rings is 2. The van der Waals surface area contributed by atoms with Crippen molar-refractivity contribution in [2.45, 2.75) is 26.2 Å². The number of hydrogen-bond donors (Lipinski definition) is 2. The molecule has 2 rings (SSSR count). The summed E-state index contributed by atoms with van der Waals surface area (Å²) in [7, 11) is 0. The lowest BCUT2D eigenvalue weighted by atomic mass is 9.87. The lowest BCUT2D eigenvalue weighted by Gasteiger charge is -2.19. The second kappa shape index (κ2) is 8.43. The van der Waals surface area contributed by atoms with E-state index in [-0.39, 0.29) is 22.6 Å². The van der Waals surface area contributed by atoms with Crippen molar-refractivity contribution in [1.82, 2.24) is 10.9 Å². The quantitative estimate of drug-likeness (QED) is 0.765. The maximum absolute atomic E-state index is 11.9. The minimum absolute atomic E-state index is 0.0464. The number of hydrazine groups is 1. The molecule has 0 radical (unpaired) electrons. The van der Waals surface area contributed by atoms with Crippen LogP contribution in [0.4, 0.5) is 0 Å². The summed E-state index contributed by atoms with van der Waals surface area (Å²) in [6, 6.07) is 12.0. The summed E-state index contributed by atoms with van der Waals surface area (Å²) in [4.78, 5) is 23.8. The van der Waals surface area contributed by atoms with Crippen LogP contribution in [0, 0.1) is 0 Å². The van der Waals surface area contributed by atoms with Gasteiger partial charge >= 0.3 is 0 Å². The normalized spacial score (nSPS) is 11.0. The summed E-state index contributed by atoms with van der Waals surface area (Å²) in [5, 5.41) is 0.603. The second-order valence-corrected chi connectivity index (χ2v) is 7.51. The van der Waals surface area contributed by atoms with Crippen molar-refractivity contribution in [1.29, 1.82) is 0 Å². The van der Waals surface area contributed by atoms with Gasteiger partial charge in [0.05, 0.1) is 10.0 Å². The summed E-state index contributed by atoms with van der Waals surface area (Å²) in [6.45, 7) is 6.13. The van der Waals surface area contributed by atoms with Gasteiger partial charge in [-0.05, 0) is 41.3 Å². The first kappa shape index (κ1) is 20.1. The molecule has 0 saturated carbocycles. The molecule has 0 spiro atoms. The number of carbonyl (C=O) groups is 2. The Labute approximate surface area is 162 Å². The Morgan fingerprint density at radius 1 is 0.962 bits per heavy atom. The molecule has 2 aromatic rings. The maximum atomic E-state index is 11.9. The zero-order valence-corrected chi connectivity index (χ0v) is 16.2. The van der Waals surface area contributed by atoms with E-state index in [1.54, 1.807) is 0 Å². The second-order valence-electron chi connectivity index (χ2n) is 6.69. The summed E-state index contributed by atoms with van der Waals surface area (Å²) in [5.41, 5.74) is 6.06. The molecule has 0 heterocycles. The molecular weight excluding hydrogens is 375 g/mol. The van der Waals surface area contributed by atoms with Gasteiger partial charge in [0.15, 0.2) is 6.61 Å². The number of halogens is 2. The van der Waals surface area contributed by atoms with Crippen LogP contribution in [-0.4, -0.2) is 18.4 Å². The van der Waals surface area contributed by atoms with E-state index in [9.17, 15) is 9.59 Å². The third-order valence-corrected chi connectivity index (χ3v) is 4.33. The first-order valence-corrected chi connectivity index (χ1v) is 8.70. The van der Waals surface area contributed by atoms with E-state index in [1.165, 1.54) is 23.8 Å². The Kier molecular flexibility index (Phi) is 6.51. The highest BCUT2D eigenvalue weighted by Gasteiger charge is 2.13. The number of amides is 2.